The highest BCUT2D eigenvalue weighted by Crippen LogP contribution is 2.32. The molecule has 4 aromatic rings. The maximum Gasteiger partial charge on any atom is 0.166 e. The van der Waals surface area contributed by atoms with Crippen molar-refractivity contribution in [1.29, 1.82) is 0 Å². The number of nitrogens with zero attached hydrogens (tertiary/aromatic N) is 4. The topological polar surface area (TPSA) is 52.8 Å². The third-order valence-corrected chi connectivity index (χ3v) is 5.61. The van der Waals surface area contributed by atoms with Gasteiger partial charge in [0.25, 0.3) is 0 Å². The molecule has 0 radical (unpaired) electrons. The second-order valence-corrected chi connectivity index (χ2v) is 7.93. The first-order chi connectivity index (χ1) is 14.2. The van der Waals surface area contributed by atoms with Crippen LogP contribution in [0.4, 0.5) is 0 Å². The molecule has 5 rings (SSSR count). The monoisotopic (exact) mass is 424 g/mol. The minimum Gasteiger partial charge on any atom is -0.358 e. The molecular weight excluding hydrogens is 407 g/mol. The number of ether oxygens (including phenoxy) is 1. The molecule has 1 fully saturated rings. The Kier molecular flexibility index (Phi) is 4.96. The number of imidazole rings is 1. The van der Waals surface area contributed by atoms with Crippen molar-refractivity contribution >= 4 is 34.4 Å². The third kappa shape index (κ3) is 3.62. The van der Waals surface area contributed by atoms with Crippen LogP contribution in [0.25, 0.3) is 33.8 Å². The van der Waals surface area contributed by atoms with Crippen molar-refractivity contribution in [2.75, 3.05) is 6.61 Å². The average Bonchev–Trinajstić information content (AvgIpc) is 3.19. The summed E-state index contributed by atoms with van der Waals surface area (Å²) in [5, 5.41) is 1.35. The minimum atomic E-state index is -0.0558. The van der Waals surface area contributed by atoms with Gasteiger partial charge in [-0.15, -0.1) is 0 Å². The number of aromatic nitrogens is 4. The Morgan fingerprint density at radius 2 is 1.55 bits per heavy atom. The van der Waals surface area contributed by atoms with Crippen molar-refractivity contribution in [3.63, 3.8) is 0 Å². The number of hydrogen-bond acceptors (Lipinski definition) is 4. The van der Waals surface area contributed by atoms with Gasteiger partial charge in [0.05, 0.1) is 6.33 Å². The number of benzene rings is 2. The SMILES string of the molecule is Clc1ccc(-c2nc(-c3ccc(Cl)cc3)c3ncn(C4CCCCO4)c3n2)cc1. The fourth-order valence-electron chi connectivity index (χ4n) is 3.61. The Hall–Kier alpha value is -2.47. The van der Waals surface area contributed by atoms with Gasteiger partial charge in [0.2, 0.25) is 0 Å². The molecular formula is C22H18Cl2N4O. The first-order valence-corrected chi connectivity index (χ1v) is 10.3. The summed E-state index contributed by atoms with van der Waals surface area (Å²) >= 11 is 12.1. The van der Waals surface area contributed by atoms with Gasteiger partial charge in [0.1, 0.15) is 17.4 Å². The molecule has 1 aliphatic heterocycles. The van der Waals surface area contributed by atoms with E-state index in [9.17, 15) is 0 Å². The fourth-order valence-corrected chi connectivity index (χ4v) is 3.86. The van der Waals surface area contributed by atoms with Gasteiger partial charge in [-0.25, -0.2) is 15.0 Å². The second-order valence-electron chi connectivity index (χ2n) is 7.05. The number of rotatable bonds is 3. The summed E-state index contributed by atoms with van der Waals surface area (Å²) in [6.07, 6.45) is 4.91. The van der Waals surface area contributed by atoms with E-state index in [4.69, 9.17) is 37.9 Å². The van der Waals surface area contributed by atoms with E-state index in [1.54, 1.807) is 6.33 Å². The van der Waals surface area contributed by atoms with Gasteiger partial charge in [-0.1, -0.05) is 35.3 Å². The van der Waals surface area contributed by atoms with E-state index < -0.39 is 0 Å². The number of halogens is 2. The maximum absolute atomic E-state index is 6.08. The Balaban J connectivity index is 1.72. The highest BCUT2D eigenvalue weighted by atomic mass is 35.5. The van der Waals surface area contributed by atoms with Crippen molar-refractivity contribution in [3.8, 4) is 22.6 Å². The van der Waals surface area contributed by atoms with Crippen molar-refractivity contribution in [2.45, 2.75) is 25.5 Å². The van der Waals surface area contributed by atoms with Crippen LogP contribution < -0.4 is 0 Å². The van der Waals surface area contributed by atoms with Gasteiger partial charge in [0.15, 0.2) is 11.5 Å². The molecule has 0 spiro atoms. The largest absolute Gasteiger partial charge is 0.358 e. The van der Waals surface area contributed by atoms with E-state index in [0.717, 1.165) is 53.9 Å². The van der Waals surface area contributed by atoms with E-state index in [1.807, 2.05) is 53.1 Å². The molecule has 146 valence electrons. The maximum atomic E-state index is 6.08. The minimum absolute atomic E-state index is 0.0558. The molecule has 1 saturated heterocycles. The van der Waals surface area contributed by atoms with Crippen LogP contribution in [0.1, 0.15) is 25.5 Å². The Labute approximate surface area is 178 Å². The third-order valence-electron chi connectivity index (χ3n) is 5.11. The Bertz CT molecular complexity index is 1150. The smallest absolute Gasteiger partial charge is 0.166 e. The first-order valence-electron chi connectivity index (χ1n) is 9.57. The zero-order valence-electron chi connectivity index (χ0n) is 15.6. The van der Waals surface area contributed by atoms with Crippen LogP contribution >= 0.6 is 23.2 Å². The van der Waals surface area contributed by atoms with E-state index >= 15 is 0 Å². The summed E-state index contributed by atoms with van der Waals surface area (Å²) in [5.74, 6) is 0.622. The van der Waals surface area contributed by atoms with E-state index in [1.165, 1.54) is 0 Å². The van der Waals surface area contributed by atoms with Crippen LogP contribution in [0, 0.1) is 0 Å². The van der Waals surface area contributed by atoms with Gasteiger partial charge in [0, 0.05) is 27.8 Å². The standard InChI is InChI=1S/C22H18Cl2N4O/c23-16-8-4-14(5-9-16)19-20-22(28(13-25-20)18-3-1-2-12-29-18)27-21(26-19)15-6-10-17(24)11-7-15/h4-11,13,18H,1-3,12H2. The molecule has 1 unspecified atom stereocenters. The van der Waals surface area contributed by atoms with Gasteiger partial charge < -0.3 is 4.74 Å². The van der Waals surface area contributed by atoms with Crippen LogP contribution in [-0.4, -0.2) is 26.1 Å². The molecule has 1 aliphatic rings. The molecule has 0 saturated carbocycles. The highest BCUT2D eigenvalue weighted by Gasteiger charge is 2.22. The van der Waals surface area contributed by atoms with Gasteiger partial charge in [-0.05, 0) is 55.7 Å². The molecule has 0 amide bonds. The average molecular weight is 425 g/mol. The summed E-state index contributed by atoms with van der Waals surface area (Å²) < 4.78 is 8.00. The van der Waals surface area contributed by atoms with Crippen LogP contribution in [0.15, 0.2) is 54.9 Å². The lowest BCUT2D eigenvalue weighted by Gasteiger charge is -2.23. The van der Waals surface area contributed by atoms with Gasteiger partial charge >= 0.3 is 0 Å². The summed E-state index contributed by atoms with van der Waals surface area (Å²) in [4.78, 5) is 14.3. The highest BCUT2D eigenvalue weighted by molar-refractivity contribution is 6.30. The van der Waals surface area contributed by atoms with Crippen molar-refractivity contribution in [3.05, 3.63) is 64.9 Å². The summed E-state index contributed by atoms with van der Waals surface area (Å²) in [7, 11) is 0. The summed E-state index contributed by atoms with van der Waals surface area (Å²) in [6, 6.07) is 15.1. The molecule has 7 heteroatoms. The molecule has 0 N–H and O–H groups in total. The van der Waals surface area contributed by atoms with Crippen molar-refractivity contribution < 1.29 is 4.74 Å². The van der Waals surface area contributed by atoms with Gasteiger partial charge in [-0.3, -0.25) is 4.57 Å². The zero-order chi connectivity index (χ0) is 19.8. The Morgan fingerprint density at radius 1 is 0.862 bits per heavy atom. The number of hydrogen-bond donors (Lipinski definition) is 0. The second kappa shape index (κ2) is 7.75. The van der Waals surface area contributed by atoms with Crippen molar-refractivity contribution in [1.82, 2.24) is 19.5 Å². The van der Waals surface area contributed by atoms with Gasteiger partial charge in [-0.2, -0.15) is 0 Å². The molecule has 29 heavy (non-hydrogen) atoms. The zero-order valence-corrected chi connectivity index (χ0v) is 17.1. The normalized spacial score (nSPS) is 17.0. The molecule has 0 bridgehead atoms. The van der Waals surface area contributed by atoms with Crippen molar-refractivity contribution in [2.24, 2.45) is 0 Å². The molecule has 0 aliphatic carbocycles. The predicted molar refractivity (Wildman–Crippen MR) is 115 cm³/mol. The summed E-state index contributed by atoms with van der Waals surface area (Å²) in [6.45, 7) is 0.753. The Morgan fingerprint density at radius 3 is 2.21 bits per heavy atom. The molecule has 2 aromatic heterocycles. The first kappa shape index (κ1) is 18.6. The lowest BCUT2D eigenvalue weighted by Crippen LogP contribution is -2.17. The van der Waals surface area contributed by atoms with Crippen LogP contribution in [-0.2, 0) is 4.74 Å². The van der Waals surface area contributed by atoms with E-state index in [0.29, 0.717) is 15.9 Å². The lowest BCUT2D eigenvalue weighted by atomic mass is 10.1. The molecule has 2 aromatic carbocycles. The lowest BCUT2D eigenvalue weighted by molar-refractivity contribution is -0.0298. The summed E-state index contributed by atoms with van der Waals surface area (Å²) in [5.41, 5.74) is 4.11. The predicted octanol–water partition coefficient (Wildman–Crippen LogP) is 6.17. The number of fused-ring (bicyclic) bond motifs is 1. The molecule has 5 nitrogen and oxygen atoms in total. The van der Waals surface area contributed by atoms with E-state index in [2.05, 4.69) is 4.98 Å². The molecule has 3 heterocycles. The quantitative estimate of drug-likeness (QED) is 0.394. The molecule has 1 atom stereocenters. The van der Waals surface area contributed by atoms with Crippen LogP contribution in [0.3, 0.4) is 0 Å². The van der Waals surface area contributed by atoms with Crippen LogP contribution in [0.2, 0.25) is 10.0 Å². The van der Waals surface area contributed by atoms with Crippen LogP contribution in [0.5, 0.6) is 0 Å². The van der Waals surface area contributed by atoms with E-state index in [-0.39, 0.29) is 6.23 Å². The fraction of sp³-hybridized carbons (Fsp3) is 0.227.